The monoisotopic (exact) mass is 359 g/mol. The summed E-state index contributed by atoms with van der Waals surface area (Å²) in [6.45, 7) is 3.63. The van der Waals surface area contributed by atoms with E-state index in [1.165, 1.54) is 0 Å². The first kappa shape index (κ1) is 19.6. The molecule has 2 aromatic rings. The van der Waals surface area contributed by atoms with Crippen molar-refractivity contribution >= 4 is 11.6 Å². The van der Waals surface area contributed by atoms with Crippen molar-refractivity contribution in [3.8, 4) is 17.2 Å². The Balaban J connectivity index is 1.88. The molecular weight excluding hydrogens is 332 g/mol. The van der Waals surface area contributed by atoms with E-state index < -0.39 is 0 Å². The van der Waals surface area contributed by atoms with Gasteiger partial charge in [0.25, 0.3) is 5.91 Å². The van der Waals surface area contributed by atoms with E-state index in [9.17, 15) is 4.79 Å². The minimum atomic E-state index is -0.0351. The average Bonchev–Trinajstić information content (AvgIpc) is 2.63. The highest BCUT2D eigenvalue weighted by molar-refractivity contribution is 5.91. The van der Waals surface area contributed by atoms with Gasteiger partial charge in [-0.25, -0.2) is 0 Å². The molecule has 0 fully saturated rings. The molecular formula is C20H27N2O4+. The van der Waals surface area contributed by atoms with Crippen molar-refractivity contribution < 1.29 is 23.9 Å². The average molecular weight is 359 g/mol. The maximum absolute atomic E-state index is 12.2. The van der Waals surface area contributed by atoms with Crippen molar-refractivity contribution in [1.29, 1.82) is 0 Å². The number of hydrogen-bond acceptors (Lipinski definition) is 4. The predicted octanol–water partition coefficient (Wildman–Crippen LogP) is 1.76. The van der Waals surface area contributed by atoms with Crippen molar-refractivity contribution in [2.75, 3.05) is 39.7 Å². The molecule has 140 valence electrons. The van der Waals surface area contributed by atoms with Gasteiger partial charge in [0.1, 0.15) is 12.3 Å². The molecule has 0 saturated carbocycles. The van der Waals surface area contributed by atoms with Crippen LogP contribution in [0.15, 0.2) is 42.5 Å². The molecule has 0 saturated heterocycles. The lowest BCUT2D eigenvalue weighted by Gasteiger charge is -2.15. The highest BCUT2D eigenvalue weighted by atomic mass is 16.5. The maximum Gasteiger partial charge on any atom is 0.279 e. The van der Waals surface area contributed by atoms with Crippen molar-refractivity contribution in [1.82, 2.24) is 0 Å². The summed E-state index contributed by atoms with van der Waals surface area (Å²) in [5.41, 5.74) is 1.84. The van der Waals surface area contributed by atoms with Gasteiger partial charge in [-0.05, 0) is 49.4 Å². The summed E-state index contributed by atoms with van der Waals surface area (Å²) >= 11 is 0. The van der Waals surface area contributed by atoms with Crippen molar-refractivity contribution in [3.05, 3.63) is 48.0 Å². The second kappa shape index (κ2) is 9.68. The molecule has 0 radical (unpaired) electrons. The Morgan fingerprint density at radius 3 is 2.35 bits per heavy atom. The number of nitrogens with one attached hydrogen (secondary N) is 2. The van der Waals surface area contributed by atoms with Gasteiger partial charge in [-0.1, -0.05) is 0 Å². The molecule has 0 aliphatic heterocycles. The number of carbonyl (C=O) groups excluding carboxylic acids is 1. The van der Waals surface area contributed by atoms with E-state index in [2.05, 4.69) is 5.32 Å². The van der Waals surface area contributed by atoms with Crippen LogP contribution in [0.25, 0.3) is 0 Å². The van der Waals surface area contributed by atoms with E-state index in [1.54, 1.807) is 14.2 Å². The molecule has 0 aromatic heterocycles. The van der Waals surface area contributed by atoms with Gasteiger partial charge < -0.3 is 24.4 Å². The Labute approximate surface area is 154 Å². The first-order valence-electron chi connectivity index (χ1n) is 8.60. The van der Waals surface area contributed by atoms with Gasteiger partial charge in [0.05, 0.1) is 27.9 Å². The largest absolute Gasteiger partial charge is 0.494 e. The van der Waals surface area contributed by atoms with Crippen LogP contribution in [-0.4, -0.2) is 40.3 Å². The maximum atomic E-state index is 12.2. The minimum absolute atomic E-state index is 0.0351. The van der Waals surface area contributed by atoms with Gasteiger partial charge in [0.2, 0.25) is 0 Å². The smallest absolute Gasteiger partial charge is 0.279 e. The molecule has 0 aliphatic carbocycles. The number of amides is 1. The number of anilines is 1. The van der Waals surface area contributed by atoms with Gasteiger partial charge in [-0.3, -0.25) is 4.79 Å². The molecule has 2 rings (SSSR count). The molecule has 2 aromatic carbocycles. The molecule has 1 amide bonds. The van der Waals surface area contributed by atoms with E-state index in [4.69, 9.17) is 14.2 Å². The first-order valence-corrected chi connectivity index (χ1v) is 8.60. The fourth-order valence-corrected chi connectivity index (χ4v) is 2.68. The number of benzene rings is 2. The lowest BCUT2D eigenvalue weighted by Crippen LogP contribution is -3.08. The number of ether oxygens (including phenoxy) is 3. The zero-order chi connectivity index (χ0) is 18.9. The number of hydrogen-bond donors (Lipinski definition) is 2. The zero-order valence-electron chi connectivity index (χ0n) is 15.8. The van der Waals surface area contributed by atoms with Crippen LogP contribution >= 0.6 is 0 Å². The number of likely N-dealkylation sites (N-methyl/N-ethyl adjacent to an activating group) is 1. The van der Waals surface area contributed by atoms with Crippen LogP contribution < -0.4 is 24.4 Å². The van der Waals surface area contributed by atoms with Crippen LogP contribution in [0.3, 0.4) is 0 Å². The van der Waals surface area contributed by atoms with Crippen molar-refractivity contribution in [2.45, 2.75) is 13.5 Å². The Kier molecular flexibility index (Phi) is 7.29. The molecule has 0 spiro atoms. The second-order valence-corrected chi connectivity index (χ2v) is 6.01. The van der Waals surface area contributed by atoms with E-state index >= 15 is 0 Å². The topological polar surface area (TPSA) is 61.2 Å². The highest BCUT2D eigenvalue weighted by Gasteiger charge is 2.13. The molecule has 26 heavy (non-hydrogen) atoms. The van der Waals surface area contributed by atoms with Crippen LogP contribution in [0.4, 0.5) is 5.69 Å². The van der Waals surface area contributed by atoms with Crippen LogP contribution in [0.2, 0.25) is 0 Å². The lowest BCUT2D eigenvalue weighted by atomic mass is 10.2. The second-order valence-electron chi connectivity index (χ2n) is 6.01. The molecule has 1 atom stereocenters. The molecule has 6 nitrogen and oxygen atoms in total. The highest BCUT2D eigenvalue weighted by Crippen LogP contribution is 2.27. The van der Waals surface area contributed by atoms with E-state index in [0.29, 0.717) is 31.2 Å². The molecule has 0 heterocycles. The summed E-state index contributed by atoms with van der Waals surface area (Å²) < 4.78 is 16.0. The Morgan fingerprint density at radius 2 is 1.73 bits per heavy atom. The Hall–Kier alpha value is -2.73. The third-order valence-corrected chi connectivity index (χ3v) is 3.87. The summed E-state index contributed by atoms with van der Waals surface area (Å²) in [7, 11) is 5.21. The standard InChI is InChI=1S/C20H26N2O4/c1-5-26-17-9-7-16(8-10-17)21-20(23)14-22(2)13-15-6-11-18(24-3)19(12-15)25-4/h6-12H,5,13-14H2,1-4H3,(H,21,23)/p+1. The fourth-order valence-electron chi connectivity index (χ4n) is 2.68. The van der Waals surface area contributed by atoms with Crippen LogP contribution in [0, 0.1) is 0 Å². The van der Waals surface area contributed by atoms with Crippen molar-refractivity contribution in [2.24, 2.45) is 0 Å². The van der Waals surface area contributed by atoms with Crippen LogP contribution in [-0.2, 0) is 11.3 Å². The van der Waals surface area contributed by atoms with E-state index in [-0.39, 0.29) is 5.91 Å². The third-order valence-electron chi connectivity index (χ3n) is 3.87. The first-order chi connectivity index (χ1) is 12.5. The summed E-state index contributed by atoms with van der Waals surface area (Å²) in [5, 5.41) is 2.91. The fraction of sp³-hybridized carbons (Fsp3) is 0.350. The van der Waals surface area contributed by atoms with E-state index in [1.807, 2.05) is 56.4 Å². The number of rotatable bonds is 9. The SMILES string of the molecule is CCOc1ccc(NC(=O)C[NH+](C)Cc2ccc(OC)c(OC)c2)cc1. The molecule has 1 unspecified atom stereocenters. The number of quaternary nitrogens is 1. The number of carbonyl (C=O) groups is 1. The Bertz CT molecular complexity index is 716. The van der Waals surface area contributed by atoms with E-state index in [0.717, 1.165) is 21.9 Å². The quantitative estimate of drug-likeness (QED) is 0.716. The summed E-state index contributed by atoms with van der Waals surface area (Å²) in [6, 6.07) is 13.2. The normalized spacial score (nSPS) is 11.5. The summed E-state index contributed by atoms with van der Waals surface area (Å²) in [6.07, 6.45) is 0. The van der Waals surface area contributed by atoms with Gasteiger partial charge >= 0.3 is 0 Å². The third kappa shape index (κ3) is 5.67. The number of methoxy groups -OCH3 is 2. The van der Waals surface area contributed by atoms with Crippen LogP contribution in [0.1, 0.15) is 12.5 Å². The predicted molar refractivity (Wildman–Crippen MR) is 101 cm³/mol. The molecule has 6 heteroatoms. The van der Waals surface area contributed by atoms with Crippen LogP contribution in [0.5, 0.6) is 17.2 Å². The van der Waals surface area contributed by atoms with Gasteiger partial charge in [-0.2, -0.15) is 0 Å². The Morgan fingerprint density at radius 1 is 1.04 bits per heavy atom. The van der Waals surface area contributed by atoms with Crippen molar-refractivity contribution in [3.63, 3.8) is 0 Å². The lowest BCUT2D eigenvalue weighted by molar-refractivity contribution is -0.885. The van der Waals surface area contributed by atoms with Gasteiger partial charge in [-0.15, -0.1) is 0 Å². The van der Waals surface area contributed by atoms with Gasteiger partial charge in [0, 0.05) is 11.3 Å². The zero-order valence-corrected chi connectivity index (χ0v) is 15.8. The van der Waals surface area contributed by atoms with Gasteiger partial charge in [0.15, 0.2) is 18.0 Å². The minimum Gasteiger partial charge on any atom is -0.494 e. The summed E-state index contributed by atoms with van der Waals surface area (Å²) in [5.74, 6) is 2.15. The summed E-state index contributed by atoms with van der Waals surface area (Å²) in [4.78, 5) is 13.3. The molecule has 0 aliphatic rings. The molecule has 0 bridgehead atoms. The molecule has 2 N–H and O–H groups in total.